The van der Waals surface area contributed by atoms with Gasteiger partial charge < -0.3 is 20.3 Å². The van der Waals surface area contributed by atoms with Crippen molar-refractivity contribution >= 4 is 6.09 Å². The van der Waals surface area contributed by atoms with Crippen LogP contribution in [0.1, 0.15) is 32.8 Å². The Bertz CT molecular complexity index is 735. The van der Waals surface area contributed by atoms with E-state index in [1.807, 2.05) is 33.0 Å². The van der Waals surface area contributed by atoms with Gasteiger partial charge in [0.1, 0.15) is 11.4 Å². The highest BCUT2D eigenvalue weighted by atomic mass is 16.6. The third-order valence-corrected chi connectivity index (χ3v) is 3.64. The number of phenols is 1. The molecule has 2 aromatic rings. The van der Waals surface area contributed by atoms with E-state index in [9.17, 15) is 9.90 Å². The number of nitrogens with one attached hydrogen (secondary N) is 1. The number of hydrogen-bond acceptors (Lipinski definition) is 5. The third kappa shape index (κ3) is 6.07. The topological polar surface area (TPSA) is 96.6 Å². The average molecular weight is 361 g/mol. The van der Waals surface area contributed by atoms with E-state index in [1.54, 1.807) is 23.0 Å². The minimum Gasteiger partial charge on any atom is -0.507 e. The lowest BCUT2D eigenvalue weighted by Crippen LogP contribution is -2.33. The molecule has 0 radical (unpaired) electrons. The number of aliphatic hydroxyl groups excluding tert-OH is 1. The van der Waals surface area contributed by atoms with Crippen LogP contribution in [0, 0.1) is 0 Å². The largest absolute Gasteiger partial charge is 0.507 e. The molecule has 0 fully saturated rings. The van der Waals surface area contributed by atoms with E-state index in [0.29, 0.717) is 31.5 Å². The molecule has 3 N–H and O–H groups in total. The summed E-state index contributed by atoms with van der Waals surface area (Å²) in [6.07, 6.45) is 4.36. The third-order valence-electron chi connectivity index (χ3n) is 3.64. The normalized spacial score (nSPS) is 11.4. The summed E-state index contributed by atoms with van der Waals surface area (Å²) >= 11 is 0. The number of alkyl carbamates (subject to hydrolysis) is 1. The smallest absolute Gasteiger partial charge is 0.407 e. The molecule has 1 heterocycles. The Kier molecular flexibility index (Phi) is 6.63. The summed E-state index contributed by atoms with van der Waals surface area (Å²) in [7, 11) is 0. The lowest BCUT2D eigenvalue weighted by atomic mass is 10.0. The molecular formula is C19H27N3O4. The molecule has 0 unspecified atom stereocenters. The minimum absolute atomic E-state index is 0.0636. The predicted molar refractivity (Wildman–Crippen MR) is 99.0 cm³/mol. The van der Waals surface area contributed by atoms with E-state index in [4.69, 9.17) is 9.84 Å². The number of aromatic nitrogens is 2. The van der Waals surface area contributed by atoms with Crippen molar-refractivity contribution in [2.45, 2.75) is 45.8 Å². The summed E-state index contributed by atoms with van der Waals surface area (Å²) in [6, 6.07) is 5.28. The fraction of sp³-hybridized carbons (Fsp3) is 0.474. The van der Waals surface area contributed by atoms with E-state index >= 15 is 0 Å². The first-order chi connectivity index (χ1) is 12.3. The molecule has 0 saturated heterocycles. The van der Waals surface area contributed by atoms with Crippen molar-refractivity contribution < 1.29 is 19.7 Å². The lowest BCUT2D eigenvalue weighted by Gasteiger charge is -2.19. The number of phenolic OH excluding ortho intramolecular Hbond substituents is 1. The van der Waals surface area contributed by atoms with Crippen LogP contribution < -0.4 is 5.32 Å². The molecule has 0 aliphatic rings. The molecule has 0 aliphatic carbocycles. The van der Waals surface area contributed by atoms with Crippen molar-refractivity contribution in [1.29, 1.82) is 0 Å². The van der Waals surface area contributed by atoms with Crippen LogP contribution in [0.2, 0.25) is 0 Å². The highest BCUT2D eigenvalue weighted by molar-refractivity contribution is 5.69. The molecule has 0 spiro atoms. The summed E-state index contributed by atoms with van der Waals surface area (Å²) in [5, 5.41) is 26.1. The monoisotopic (exact) mass is 361 g/mol. The molecule has 7 heteroatoms. The molecule has 7 nitrogen and oxygen atoms in total. The zero-order chi connectivity index (χ0) is 19.2. The summed E-state index contributed by atoms with van der Waals surface area (Å²) in [5.74, 6) is 0.179. The van der Waals surface area contributed by atoms with E-state index in [0.717, 1.165) is 11.1 Å². The van der Waals surface area contributed by atoms with Crippen molar-refractivity contribution in [2.24, 2.45) is 0 Å². The van der Waals surface area contributed by atoms with Crippen LogP contribution in [0.5, 0.6) is 5.75 Å². The van der Waals surface area contributed by atoms with Gasteiger partial charge in [-0.3, -0.25) is 4.68 Å². The first kappa shape index (κ1) is 19.8. The second-order valence-electron chi connectivity index (χ2n) is 7.10. The summed E-state index contributed by atoms with van der Waals surface area (Å²) < 4.78 is 6.95. The first-order valence-corrected chi connectivity index (χ1v) is 8.71. The number of ether oxygens (including phenoxy) is 1. The maximum atomic E-state index is 11.6. The van der Waals surface area contributed by atoms with Crippen molar-refractivity contribution in [1.82, 2.24) is 15.1 Å². The van der Waals surface area contributed by atoms with Crippen LogP contribution in [0.3, 0.4) is 0 Å². The van der Waals surface area contributed by atoms with Gasteiger partial charge in [-0.05, 0) is 51.3 Å². The maximum absolute atomic E-state index is 11.6. The average Bonchev–Trinajstić information content (AvgIpc) is 3.01. The number of carbonyl (C=O) groups is 1. The van der Waals surface area contributed by atoms with Crippen molar-refractivity contribution in [3.05, 3.63) is 36.2 Å². The van der Waals surface area contributed by atoms with Gasteiger partial charge >= 0.3 is 6.09 Å². The minimum atomic E-state index is -0.506. The number of nitrogens with zero attached hydrogens (tertiary/aromatic N) is 2. The summed E-state index contributed by atoms with van der Waals surface area (Å²) in [4.78, 5) is 11.6. The molecule has 0 aliphatic heterocycles. The highest BCUT2D eigenvalue weighted by Gasteiger charge is 2.15. The second-order valence-corrected chi connectivity index (χ2v) is 7.10. The Balaban J connectivity index is 1.88. The van der Waals surface area contributed by atoms with Gasteiger partial charge in [0.25, 0.3) is 0 Å². The van der Waals surface area contributed by atoms with Crippen molar-refractivity contribution in [3.8, 4) is 16.9 Å². The number of hydrogen-bond donors (Lipinski definition) is 3. The number of carbonyl (C=O) groups excluding carboxylic acids is 1. The van der Waals surface area contributed by atoms with Gasteiger partial charge in [0, 0.05) is 37.0 Å². The van der Waals surface area contributed by atoms with Gasteiger partial charge in [-0.1, -0.05) is 6.07 Å². The van der Waals surface area contributed by atoms with Gasteiger partial charge in [0.15, 0.2) is 0 Å². The van der Waals surface area contributed by atoms with Crippen LogP contribution in [0.4, 0.5) is 4.79 Å². The number of aryl methyl sites for hydroxylation is 1. The number of aromatic hydroxyl groups is 1. The van der Waals surface area contributed by atoms with E-state index in [2.05, 4.69) is 10.4 Å². The Hall–Kier alpha value is -2.54. The predicted octanol–water partition coefficient (Wildman–Crippen LogP) is 2.71. The van der Waals surface area contributed by atoms with E-state index < -0.39 is 11.7 Å². The Morgan fingerprint density at radius 3 is 2.81 bits per heavy atom. The molecule has 0 saturated carbocycles. The van der Waals surface area contributed by atoms with Gasteiger partial charge in [-0.2, -0.15) is 5.10 Å². The van der Waals surface area contributed by atoms with Crippen molar-refractivity contribution in [3.63, 3.8) is 0 Å². The van der Waals surface area contributed by atoms with Crippen LogP contribution in [-0.4, -0.2) is 44.8 Å². The number of aliphatic hydroxyl groups is 1. The zero-order valence-corrected chi connectivity index (χ0v) is 15.5. The first-order valence-electron chi connectivity index (χ1n) is 8.71. The number of benzene rings is 1. The molecule has 1 amide bonds. The molecule has 0 atom stereocenters. The van der Waals surface area contributed by atoms with Crippen LogP contribution in [-0.2, 0) is 17.7 Å². The van der Waals surface area contributed by atoms with Crippen LogP contribution in [0.25, 0.3) is 11.1 Å². The fourth-order valence-electron chi connectivity index (χ4n) is 2.47. The molecule has 2 rings (SSSR count). The van der Waals surface area contributed by atoms with Gasteiger partial charge in [-0.25, -0.2) is 4.79 Å². The summed E-state index contributed by atoms with van der Waals surface area (Å²) in [5.41, 5.74) is 1.94. The molecule has 142 valence electrons. The summed E-state index contributed by atoms with van der Waals surface area (Å²) in [6.45, 7) is 6.65. The van der Waals surface area contributed by atoms with E-state index in [-0.39, 0.29) is 12.4 Å². The highest BCUT2D eigenvalue weighted by Crippen LogP contribution is 2.29. The standard InChI is InChI=1S/C19H27N3O4/c1-19(2,3)26-18(25)20-8-4-9-22-13-15(12-21-22)16-11-14(7-10-23)5-6-17(16)24/h5-6,11-13,23-24H,4,7-10H2,1-3H3,(H,20,25). The molecule has 0 bridgehead atoms. The Morgan fingerprint density at radius 1 is 1.35 bits per heavy atom. The van der Waals surface area contributed by atoms with Gasteiger partial charge in [-0.15, -0.1) is 0 Å². The quantitative estimate of drug-likeness (QED) is 0.659. The van der Waals surface area contributed by atoms with Crippen molar-refractivity contribution in [2.75, 3.05) is 13.2 Å². The Morgan fingerprint density at radius 2 is 2.12 bits per heavy atom. The molecule has 26 heavy (non-hydrogen) atoms. The fourth-order valence-corrected chi connectivity index (χ4v) is 2.47. The zero-order valence-electron chi connectivity index (χ0n) is 15.5. The van der Waals surface area contributed by atoms with E-state index in [1.165, 1.54) is 0 Å². The second kappa shape index (κ2) is 8.71. The lowest BCUT2D eigenvalue weighted by molar-refractivity contribution is 0.0526. The Labute approximate surface area is 153 Å². The van der Waals surface area contributed by atoms with Gasteiger partial charge in [0.2, 0.25) is 0 Å². The number of rotatable bonds is 7. The van der Waals surface area contributed by atoms with Crippen LogP contribution in [0.15, 0.2) is 30.6 Å². The molecular weight excluding hydrogens is 334 g/mol. The SMILES string of the molecule is CC(C)(C)OC(=O)NCCCn1cc(-c2cc(CCO)ccc2O)cn1. The van der Waals surface area contributed by atoms with Crippen LogP contribution >= 0.6 is 0 Å². The number of amides is 1. The maximum Gasteiger partial charge on any atom is 0.407 e. The van der Waals surface area contributed by atoms with Gasteiger partial charge in [0.05, 0.1) is 6.20 Å². The molecule has 1 aromatic heterocycles. The molecule has 1 aromatic carbocycles.